The monoisotopic (exact) mass is 250 g/mol. The van der Waals surface area contributed by atoms with E-state index in [0.29, 0.717) is 25.1 Å². The fraction of sp³-hybridized carbons (Fsp3) is 0.583. The highest BCUT2D eigenvalue weighted by atomic mass is 16.5. The second-order valence-electron chi connectivity index (χ2n) is 4.37. The predicted molar refractivity (Wildman–Crippen MR) is 67.2 cm³/mol. The zero-order valence-corrected chi connectivity index (χ0v) is 10.3. The number of carbonyl (C=O) groups excluding carboxylic acids is 1. The molecule has 1 aliphatic carbocycles. The van der Waals surface area contributed by atoms with Gasteiger partial charge in [-0.3, -0.25) is 4.79 Å². The van der Waals surface area contributed by atoms with Crippen LogP contribution in [0, 0.1) is 0 Å². The van der Waals surface area contributed by atoms with Gasteiger partial charge in [-0.15, -0.1) is 10.2 Å². The van der Waals surface area contributed by atoms with E-state index in [4.69, 9.17) is 10.5 Å². The highest BCUT2D eigenvalue weighted by molar-refractivity contribution is 5.90. The maximum absolute atomic E-state index is 10.8. The number of hydrogen-bond acceptors (Lipinski definition) is 5. The molecule has 0 aromatic carbocycles. The summed E-state index contributed by atoms with van der Waals surface area (Å²) in [4.78, 5) is 10.8. The van der Waals surface area contributed by atoms with Crippen molar-refractivity contribution in [1.29, 1.82) is 0 Å². The van der Waals surface area contributed by atoms with Gasteiger partial charge < -0.3 is 15.8 Å². The van der Waals surface area contributed by atoms with Crippen LogP contribution >= 0.6 is 0 Å². The minimum Gasteiger partial charge on any atom is -0.376 e. The number of hydrogen-bond donors (Lipinski definition) is 2. The predicted octanol–water partition coefficient (Wildman–Crippen LogP) is 0.947. The molecule has 0 spiro atoms. The van der Waals surface area contributed by atoms with E-state index in [1.807, 2.05) is 0 Å². The Hall–Kier alpha value is -1.69. The van der Waals surface area contributed by atoms with Crippen LogP contribution in [-0.2, 0) is 4.74 Å². The van der Waals surface area contributed by atoms with Gasteiger partial charge in [-0.1, -0.05) is 12.8 Å². The summed E-state index contributed by atoms with van der Waals surface area (Å²) < 4.78 is 5.70. The fourth-order valence-corrected chi connectivity index (χ4v) is 2.02. The van der Waals surface area contributed by atoms with Crippen molar-refractivity contribution in [2.24, 2.45) is 5.73 Å². The first-order valence-corrected chi connectivity index (χ1v) is 6.25. The molecule has 0 unspecified atom stereocenters. The molecule has 1 amide bonds. The number of rotatable bonds is 6. The Morgan fingerprint density at radius 2 is 2.17 bits per heavy atom. The average molecular weight is 250 g/mol. The molecule has 98 valence electrons. The van der Waals surface area contributed by atoms with E-state index >= 15 is 0 Å². The molecule has 1 aliphatic rings. The Morgan fingerprint density at radius 1 is 1.39 bits per heavy atom. The molecule has 0 radical (unpaired) electrons. The summed E-state index contributed by atoms with van der Waals surface area (Å²) in [5.41, 5.74) is 5.24. The largest absolute Gasteiger partial charge is 0.376 e. The number of amides is 1. The molecule has 1 saturated carbocycles. The van der Waals surface area contributed by atoms with Crippen LogP contribution < -0.4 is 11.1 Å². The van der Waals surface area contributed by atoms with Crippen molar-refractivity contribution >= 4 is 11.7 Å². The van der Waals surface area contributed by atoms with Gasteiger partial charge in [0.25, 0.3) is 5.91 Å². The molecule has 1 fully saturated rings. The van der Waals surface area contributed by atoms with E-state index in [2.05, 4.69) is 15.5 Å². The lowest BCUT2D eigenvalue weighted by Gasteiger charge is -2.11. The van der Waals surface area contributed by atoms with Crippen LogP contribution in [-0.4, -0.2) is 35.4 Å². The van der Waals surface area contributed by atoms with Gasteiger partial charge in [0.1, 0.15) is 5.82 Å². The Balaban J connectivity index is 1.68. The maximum atomic E-state index is 10.8. The van der Waals surface area contributed by atoms with Crippen LogP contribution in [0.5, 0.6) is 0 Å². The SMILES string of the molecule is NC(=O)c1ccc(NCCOC2CCCC2)nn1. The van der Waals surface area contributed by atoms with Crippen LogP contribution in [0.3, 0.4) is 0 Å². The molecule has 1 heterocycles. The molecule has 0 aliphatic heterocycles. The van der Waals surface area contributed by atoms with Crippen molar-refractivity contribution in [3.63, 3.8) is 0 Å². The summed E-state index contributed by atoms with van der Waals surface area (Å²) >= 11 is 0. The fourth-order valence-electron chi connectivity index (χ4n) is 2.02. The van der Waals surface area contributed by atoms with Crippen molar-refractivity contribution < 1.29 is 9.53 Å². The Labute approximate surface area is 106 Å². The van der Waals surface area contributed by atoms with Crippen molar-refractivity contribution in [3.05, 3.63) is 17.8 Å². The lowest BCUT2D eigenvalue weighted by atomic mass is 10.3. The standard InChI is InChI=1S/C12H18N4O2/c13-12(17)10-5-6-11(16-15-10)14-7-8-18-9-3-1-2-4-9/h5-6,9H,1-4,7-8H2,(H2,13,17)(H,14,16). The number of nitrogens with zero attached hydrogens (tertiary/aromatic N) is 2. The molecule has 1 aromatic rings. The highest BCUT2D eigenvalue weighted by Crippen LogP contribution is 2.20. The minimum atomic E-state index is -0.571. The van der Waals surface area contributed by atoms with Crippen molar-refractivity contribution in [1.82, 2.24) is 10.2 Å². The summed E-state index contributed by atoms with van der Waals surface area (Å²) in [5.74, 6) is 0.0497. The number of anilines is 1. The number of aromatic nitrogens is 2. The van der Waals surface area contributed by atoms with Gasteiger partial charge in [0.15, 0.2) is 5.69 Å². The minimum absolute atomic E-state index is 0.169. The topological polar surface area (TPSA) is 90.1 Å². The first-order valence-electron chi connectivity index (χ1n) is 6.25. The molecular weight excluding hydrogens is 232 g/mol. The van der Waals surface area contributed by atoms with Gasteiger partial charge >= 0.3 is 0 Å². The van der Waals surface area contributed by atoms with Crippen LogP contribution in [0.25, 0.3) is 0 Å². The average Bonchev–Trinajstić information content (AvgIpc) is 2.88. The van der Waals surface area contributed by atoms with Gasteiger partial charge in [0, 0.05) is 6.54 Å². The van der Waals surface area contributed by atoms with Gasteiger partial charge in [0.2, 0.25) is 0 Å². The summed E-state index contributed by atoms with van der Waals surface area (Å²) in [7, 11) is 0. The zero-order valence-electron chi connectivity index (χ0n) is 10.3. The quantitative estimate of drug-likeness (QED) is 0.733. The number of ether oxygens (including phenoxy) is 1. The normalized spacial score (nSPS) is 15.8. The molecule has 6 heteroatoms. The summed E-state index contributed by atoms with van der Waals surface area (Å²) in [6.45, 7) is 1.34. The molecule has 6 nitrogen and oxygen atoms in total. The number of nitrogens with two attached hydrogens (primary N) is 1. The van der Waals surface area contributed by atoms with Crippen molar-refractivity contribution in [2.45, 2.75) is 31.8 Å². The lowest BCUT2D eigenvalue weighted by molar-refractivity contribution is 0.0658. The molecule has 2 rings (SSSR count). The third kappa shape index (κ3) is 3.66. The van der Waals surface area contributed by atoms with E-state index in [-0.39, 0.29) is 5.69 Å². The molecule has 18 heavy (non-hydrogen) atoms. The number of carbonyl (C=O) groups is 1. The third-order valence-corrected chi connectivity index (χ3v) is 2.98. The van der Waals surface area contributed by atoms with Gasteiger partial charge in [0.05, 0.1) is 12.7 Å². The van der Waals surface area contributed by atoms with E-state index in [1.54, 1.807) is 12.1 Å². The van der Waals surface area contributed by atoms with Crippen LogP contribution in [0.2, 0.25) is 0 Å². The van der Waals surface area contributed by atoms with Crippen molar-refractivity contribution in [3.8, 4) is 0 Å². The highest BCUT2D eigenvalue weighted by Gasteiger charge is 2.14. The molecule has 0 atom stereocenters. The van der Waals surface area contributed by atoms with Crippen LogP contribution in [0.1, 0.15) is 36.2 Å². The van der Waals surface area contributed by atoms with E-state index in [1.165, 1.54) is 25.7 Å². The Kier molecular flexibility index (Phi) is 4.46. The number of nitrogens with one attached hydrogen (secondary N) is 1. The van der Waals surface area contributed by atoms with Crippen LogP contribution in [0.15, 0.2) is 12.1 Å². The Bertz CT molecular complexity index is 388. The Morgan fingerprint density at radius 3 is 2.78 bits per heavy atom. The first-order chi connectivity index (χ1) is 8.75. The van der Waals surface area contributed by atoms with E-state index in [0.717, 1.165) is 0 Å². The summed E-state index contributed by atoms with van der Waals surface area (Å²) in [6.07, 6.45) is 5.33. The second kappa shape index (κ2) is 6.30. The zero-order chi connectivity index (χ0) is 12.8. The molecular formula is C12H18N4O2. The summed E-state index contributed by atoms with van der Waals surface area (Å²) in [6, 6.07) is 3.23. The molecule has 1 aromatic heterocycles. The first kappa shape index (κ1) is 12.8. The van der Waals surface area contributed by atoms with E-state index < -0.39 is 5.91 Å². The van der Waals surface area contributed by atoms with E-state index in [9.17, 15) is 4.79 Å². The van der Waals surface area contributed by atoms with Gasteiger partial charge in [-0.05, 0) is 25.0 Å². The van der Waals surface area contributed by atoms with Crippen LogP contribution in [0.4, 0.5) is 5.82 Å². The van der Waals surface area contributed by atoms with Crippen molar-refractivity contribution in [2.75, 3.05) is 18.5 Å². The van der Waals surface area contributed by atoms with Gasteiger partial charge in [-0.2, -0.15) is 0 Å². The second-order valence-corrected chi connectivity index (χ2v) is 4.37. The molecule has 3 N–H and O–H groups in total. The van der Waals surface area contributed by atoms with Gasteiger partial charge in [-0.25, -0.2) is 0 Å². The lowest BCUT2D eigenvalue weighted by Crippen LogP contribution is -2.17. The molecule has 0 saturated heterocycles. The smallest absolute Gasteiger partial charge is 0.269 e. The summed E-state index contributed by atoms with van der Waals surface area (Å²) in [5, 5.41) is 10.6. The third-order valence-electron chi connectivity index (χ3n) is 2.98. The molecule has 0 bridgehead atoms. The maximum Gasteiger partial charge on any atom is 0.269 e. The number of primary amides is 1.